The lowest BCUT2D eigenvalue weighted by atomic mass is 9.99. The van der Waals surface area contributed by atoms with Gasteiger partial charge in [0.05, 0.1) is 4.90 Å². The van der Waals surface area contributed by atoms with Crippen LogP contribution in [0.2, 0.25) is 0 Å². The van der Waals surface area contributed by atoms with Gasteiger partial charge in [-0.05, 0) is 53.1 Å². The summed E-state index contributed by atoms with van der Waals surface area (Å²) in [4.78, 5) is 15.6. The van der Waals surface area contributed by atoms with Crippen molar-refractivity contribution in [2.75, 3.05) is 11.3 Å². The first-order valence-corrected chi connectivity index (χ1v) is 11.1. The van der Waals surface area contributed by atoms with E-state index >= 15 is 0 Å². The molecule has 7 heteroatoms. The normalized spacial score (nSPS) is 16.5. The van der Waals surface area contributed by atoms with Crippen LogP contribution in [0.5, 0.6) is 0 Å². The summed E-state index contributed by atoms with van der Waals surface area (Å²) in [6, 6.07) is 17.7. The molecule has 6 nitrogen and oxygen atoms in total. The first-order valence-electron chi connectivity index (χ1n) is 9.57. The van der Waals surface area contributed by atoms with E-state index in [0.29, 0.717) is 18.7 Å². The molecule has 30 heavy (non-hydrogen) atoms. The van der Waals surface area contributed by atoms with Gasteiger partial charge in [-0.25, -0.2) is 8.42 Å². The van der Waals surface area contributed by atoms with Gasteiger partial charge in [0, 0.05) is 37.0 Å². The highest BCUT2D eigenvalue weighted by molar-refractivity contribution is 7.92. The molecule has 1 aliphatic heterocycles. The molecular formula is C23H21N3O3S. The lowest BCUT2D eigenvalue weighted by Crippen LogP contribution is -2.14. The fourth-order valence-corrected chi connectivity index (χ4v) is 4.40. The molecule has 1 aromatic heterocycles. The maximum absolute atomic E-state index is 12.8. The number of hydrogen-bond donors (Lipinski definition) is 2. The van der Waals surface area contributed by atoms with Crippen LogP contribution < -0.4 is 10.0 Å². The number of rotatable bonds is 6. The van der Waals surface area contributed by atoms with Crippen LogP contribution in [0.15, 0.2) is 78.0 Å². The molecule has 1 amide bonds. The number of anilines is 1. The van der Waals surface area contributed by atoms with Crippen LogP contribution in [-0.4, -0.2) is 25.9 Å². The first-order chi connectivity index (χ1) is 14.5. The molecule has 1 aliphatic rings. The second-order valence-corrected chi connectivity index (χ2v) is 8.80. The van der Waals surface area contributed by atoms with Crippen LogP contribution in [0.3, 0.4) is 0 Å². The summed E-state index contributed by atoms with van der Waals surface area (Å²) in [5, 5.41) is 2.79. The molecule has 2 aromatic carbocycles. The van der Waals surface area contributed by atoms with Crippen molar-refractivity contribution in [3.63, 3.8) is 0 Å². The Kier molecular flexibility index (Phi) is 5.63. The van der Waals surface area contributed by atoms with Crippen LogP contribution in [-0.2, 0) is 14.8 Å². The average molecular weight is 420 g/mol. The van der Waals surface area contributed by atoms with Crippen LogP contribution in [0.25, 0.3) is 12.2 Å². The van der Waals surface area contributed by atoms with Crippen molar-refractivity contribution in [2.24, 2.45) is 0 Å². The lowest BCUT2D eigenvalue weighted by molar-refractivity contribution is -0.119. The third-order valence-electron chi connectivity index (χ3n) is 4.95. The summed E-state index contributed by atoms with van der Waals surface area (Å²) in [7, 11) is -3.71. The second-order valence-electron chi connectivity index (χ2n) is 7.12. The van der Waals surface area contributed by atoms with Gasteiger partial charge in [0.1, 0.15) is 0 Å². The maximum Gasteiger partial charge on any atom is 0.261 e. The van der Waals surface area contributed by atoms with Crippen molar-refractivity contribution in [1.82, 2.24) is 10.3 Å². The Labute approximate surface area is 175 Å². The van der Waals surface area contributed by atoms with Gasteiger partial charge in [-0.1, -0.05) is 36.4 Å². The molecule has 1 atom stereocenters. The van der Waals surface area contributed by atoms with E-state index < -0.39 is 10.0 Å². The Morgan fingerprint density at radius 2 is 1.70 bits per heavy atom. The minimum absolute atomic E-state index is 0.0243. The van der Waals surface area contributed by atoms with Gasteiger partial charge in [-0.15, -0.1) is 0 Å². The summed E-state index contributed by atoms with van der Waals surface area (Å²) in [6.45, 7) is 0.586. The highest BCUT2D eigenvalue weighted by atomic mass is 32.2. The van der Waals surface area contributed by atoms with E-state index in [1.165, 1.54) is 0 Å². The van der Waals surface area contributed by atoms with E-state index in [4.69, 9.17) is 0 Å². The number of amides is 1. The predicted molar refractivity (Wildman–Crippen MR) is 117 cm³/mol. The first kappa shape index (κ1) is 19.8. The van der Waals surface area contributed by atoms with E-state index in [9.17, 15) is 13.2 Å². The van der Waals surface area contributed by atoms with Crippen molar-refractivity contribution in [2.45, 2.75) is 17.2 Å². The van der Waals surface area contributed by atoms with E-state index in [1.807, 2.05) is 30.4 Å². The van der Waals surface area contributed by atoms with Crippen molar-refractivity contribution < 1.29 is 13.2 Å². The van der Waals surface area contributed by atoms with E-state index in [0.717, 1.165) is 16.7 Å². The molecular weight excluding hydrogens is 398 g/mol. The predicted octanol–water partition coefficient (Wildman–Crippen LogP) is 3.66. The maximum atomic E-state index is 12.8. The van der Waals surface area contributed by atoms with Gasteiger partial charge < -0.3 is 5.32 Å². The summed E-state index contributed by atoms with van der Waals surface area (Å²) in [5.41, 5.74) is 3.33. The number of pyridine rings is 1. The second kappa shape index (κ2) is 8.51. The standard InChI is InChI=1S/C23H21N3O3S/c27-23-15-20(16-25-23)19-6-8-22(9-7-19)30(28,29)26-21-3-1-2-18(14-21)5-4-17-10-12-24-13-11-17/h1-14,20,26H,15-16H2,(H,25,27)/b5-4+. The number of aromatic nitrogens is 1. The van der Waals surface area contributed by atoms with Gasteiger partial charge in [0.25, 0.3) is 10.0 Å². The van der Waals surface area contributed by atoms with Gasteiger partial charge in [-0.2, -0.15) is 0 Å². The molecule has 2 heterocycles. The topological polar surface area (TPSA) is 88.2 Å². The number of carbonyl (C=O) groups is 1. The third kappa shape index (κ3) is 4.75. The van der Waals surface area contributed by atoms with Gasteiger partial charge in [0.15, 0.2) is 0 Å². The highest BCUT2D eigenvalue weighted by Gasteiger charge is 2.23. The van der Waals surface area contributed by atoms with E-state index in [2.05, 4.69) is 15.0 Å². The van der Waals surface area contributed by atoms with Gasteiger partial charge in [0.2, 0.25) is 5.91 Å². The van der Waals surface area contributed by atoms with Crippen LogP contribution in [0.4, 0.5) is 5.69 Å². The number of sulfonamides is 1. The SMILES string of the molecule is O=C1CC(c2ccc(S(=O)(=O)Nc3cccc(/C=C/c4ccncc4)c3)cc2)CN1. The molecule has 1 saturated heterocycles. The van der Waals surface area contributed by atoms with Crippen molar-refractivity contribution in [3.8, 4) is 0 Å². The zero-order chi connectivity index (χ0) is 21.0. The Balaban J connectivity index is 1.48. The number of hydrogen-bond acceptors (Lipinski definition) is 4. The molecule has 4 rings (SSSR count). The molecule has 0 saturated carbocycles. The summed E-state index contributed by atoms with van der Waals surface area (Å²) < 4.78 is 28.2. The average Bonchev–Trinajstić information content (AvgIpc) is 3.19. The summed E-state index contributed by atoms with van der Waals surface area (Å²) in [6.07, 6.45) is 7.73. The molecule has 152 valence electrons. The number of carbonyl (C=O) groups excluding carboxylic acids is 1. The Hall–Kier alpha value is -3.45. The van der Waals surface area contributed by atoms with E-state index in [-0.39, 0.29) is 16.7 Å². The van der Waals surface area contributed by atoms with Gasteiger partial charge >= 0.3 is 0 Å². The van der Waals surface area contributed by atoms with Crippen molar-refractivity contribution in [1.29, 1.82) is 0 Å². The minimum Gasteiger partial charge on any atom is -0.355 e. The Morgan fingerprint density at radius 3 is 2.40 bits per heavy atom. The Morgan fingerprint density at radius 1 is 0.967 bits per heavy atom. The van der Waals surface area contributed by atoms with Crippen LogP contribution >= 0.6 is 0 Å². The number of nitrogens with zero attached hydrogens (tertiary/aromatic N) is 1. The summed E-state index contributed by atoms with van der Waals surface area (Å²) in [5.74, 6) is 0.113. The van der Waals surface area contributed by atoms with Gasteiger partial charge in [-0.3, -0.25) is 14.5 Å². The zero-order valence-electron chi connectivity index (χ0n) is 16.2. The number of benzene rings is 2. The van der Waals surface area contributed by atoms with E-state index in [1.54, 1.807) is 54.9 Å². The fraction of sp³-hybridized carbons (Fsp3) is 0.130. The third-order valence-corrected chi connectivity index (χ3v) is 6.35. The lowest BCUT2D eigenvalue weighted by Gasteiger charge is -2.11. The summed E-state index contributed by atoms with van der Waals surface area (Å²) >= 11 is 0. The van der Waals surface area contributed by atoms with Crippen LogP contribution in [0, 0.1) is 0 Å². The smallest absolute Gasteiger partial charge is 0.261 e. The minimum atomic E-state index is -3.71. The highest BCUT2D eigenvalue weighted by Crippen LogP contribution is 2.25. The molecule has 2 N–H and O–H groups in total. The molecule has 3 aromatic rings. The van der Waals surface area contributed by atoms with Crippen LogP contribution in [0.1, 0.15) is 29.0 Å². The molecule has 1 fully saturated rings. The molecule has 0 bridgehead atoms. The molecule has 0 spiro atoms. The zero-order valence-corrected chi connectivity index (χ0v) is 17.0. The molecule has 1 unspecified atom stereocenters. The number of nitrogens with one attached hydrogen (secondary N) is 2. The Bertz CT molecular complexity index is 1170. The molecule has 0 aliphatic carbocycles. The van der Waals surface area contributed by atoms with Crippen molar-refractivity contribution in [3.05, 3.63) is 89.7 Å². The molecule has 0 radical (unpaired) electrons. The quantitative estimate of drug-likeness (QED) is 0.638. The fourth-order valence-electron chi connectivity index (χ4n) is 3.35. The largest absolute Gasteiger partial charge is 0.355 e. The monoisotopic (exact) mass is 419 g/mol. The van der Waals surface area contributed by atoms with Crippen molar-refractivity contribution >= 4 is 33.8 Å².